The third kappa shape index (κ3) is 4.15. The fraction of sp³-hybridized carbons (Fsp3) is 0.579. The summed E-state index contributed by atoms with van der Waals surface area (Å²) in [5.41, 5.74) is 0.729. The van der Waals surface area contributed by atoms with Crippen LogP contribution in [0.4, 0.5) is 5.69 Å². The minimum atomic E-state index is -0.378. The molecule has 1 aromatic carbocycles. The number of nitrogens with one attached hydrogen (secondary N) is 1. The van der Waals surface area contributed by atoms with Crippen molar-refractivity contribution >= 4 is 29.1 Å². The van der Waals surface area contributed by atoms with E-state index in [0.717, 1.165) is 38.0 Å². The first kappa shape index (κ1) is 18.2. The summed E-state index contributed by atoms with van der Waals surface area (Å²) in [4.78, 5) is 28.7. The van der Waals surface area contributed by atoms with Crippen LogP contribution in [0.5, 0.6) is 0 Å². The van der Waals surface area contributed by atoms with Crippen LogP contribution in [0.2, 0.25) is 5.02 Å². The van der Waals surface area contributed by atoms with Gasteiger partial charge in [-0.1, -0.05) is 23.7 Å². The van der Waals surface area contributed by atoms with Gasteiger partial charge in [0.2, 0.25) is 11.8 Å². The Morgan fingerprint density at radius 1 is 1.28 bits per heavy atom. The molecule has 0 aliphatic carbocycles. The molecule has 2 saturated heterocycles. The lowest BCUT2D eigenvalue weighted by molar-refractivity contribution is -0.137. The van der Waals surface area contributed by atoms with E-state index in [0.29, 0.717) is 30.3 Å². The normalized spacial score (nSPS) is 21.6. The van der Waals surface area contributed by atoms with Crippen LogP contribution >= 0.6 is 11.6 Å². The Hall–Kier alpha value is -1.59. The Morgan fingerprint density at radius 3 is 2.72 bits per heavy atom. The van der Waals surface area contributed by atoms with E-state index in [1.807, 2.05) is 18.2 Å². The van der Waals surface area contributed by atoms with Crippen LogP contribution in [0, 0.1) is 5.92 Å². The minimum Gasteiger partial charge on any atom is -0.334 e. The molecular weight excluding hydrogens is 338 g/mol. The van der Waals surface area contributed by atoms with E-state index in [1.165, 1.54) is 0 Å². The Bertz CT molecular complexity index is 631. The number of para-hydroxylation sites is 1. The van der Waals surface area contributed by atoms with Crippen LogP contribution in [-0.4, -0.2) is 49.4 Å². The first-order valence-electron chi connectivity index (χ1n) is 9.10. The van der Waals surface area contributed by atoms with Crippen LogP contribution in [0.3, 0.4) is 0 Å². The van der Waals surface area contributed by atoms with Crippen molar-refractivity contribution in [2.45, 2.75) is 38.1 Å². The van der Waals surface area contributed by atoms with Crippen LogP contribution in [0.15, 0.2) is 24.3 Å². The number of nitrogens with zero attached hydrogens (tertiary/aromatic N) is 2. The summed E-state index contributed by atoms with van der Waals surface area (Å²) in [6.45, 7) is 2.68. The van der Waals surface area contributed by atoms with Crippen molar-refractivity contribution in [3.63, 3.8) is 0 Å². The van der Waals surface area contributed by atoms with Crippen molar-refractivity contribution in [3.8, 4) is 0 Å². The number of carbonyl (C=O) groups is 2. The minimum absolute atomic E-state index is 0.0363. The van der Waals surface area contributed by atoms with Crippen LogP contribution in [-0.2, 0) is 9.59 Å². The van der Waals surface area contributed by atoms with Gasteiger partial charge in [0.15, 0.2) is 0 Å². The molecule has 0 radical (unpaired) electrons. The van der Waals surface area contributed by atoms with Gasteiger partial charge in [-0.05, 0) is 56.8 Å². The van der Waals surface area contributed by atoms with Gasteiger partial charge in [-0.15, -0.1) is 0 Å². The Kier molecular flexibility index (Phi) is 5.97. The van der Waals surface area contributed by atoms with Gasteiger partial charge >= 0.3 is 0 Å². The van der Waals surface area contributed by atoms with Crippen molar-refractivity contribution in [1.82, 2.24) is 10.2 Å². The zero-order valence-corrected chi connectivity index (χ0v) is 15.5. The van der Waals surface area contributed by atoms with Gasteiger partial charge in [-0.2, -0.15) is 0 Å². The highest BCUT2D eigenvalue weighted by atomic mass is 35.5. The number of amides is 2. The van der Waals surface area contributed by atoms with E-state index in [-0.39, 0.29) is 17.9 Å². The Balaban J connectivity index is 1.57. The summed E-state index contributed by atoms with van der Waals surface area (Å²) in [6, 6.07) is 6.97. The molecule has 0 aromatic heterocycles. The first-order valence-corrected chi connectivity index (χ1v) is 9.48. The van der Waals surface area contributed by atoms with Crippen molar-refractivity contribution in [2.75, 3.05) is 31.6 Å². The number of benzene rings is 1. The maximum Gasteiger partial charge on any atom is 0.249 e. The first-order chi connectivity index (χ1) is 12.1. The number of carbonyl (C=O) groups excluding carboxylic acids is 2. The predicted molar refractivity (Wildman–Crippen MR) is 99.8 cm³/mol. The van der Waals surface area contributed by atoms with E-state index < -0.39 is 0 Å². The molecule has 1 unspecified atom stereocenters. The fourth-order valence-electron chi connectivity index (χ4n) is 3.78. The van der Waals surface area contributed by atoms with E-state index in [2.05, 4.69) is 5.32 Å². The molecular formula is C19H26ClN3O2. The van der Waals surface area contributed by atoms with Gasteiger partial charge < -0.3 is 15.1 Å². The summed E-state index contributed by atoms with van der Waals surface area (Å²) in [7, 11) is 1.75. The molecule has 5 nitrogen and oxygen atoms in total. The van der Waals surface area contributed by atoms with E-state index in [1.54, 1.807) is 22.9 Å². The van der Waals surface area contributed by atoms with E-state index in [9.17, 15) is 9.59 Å². The number of hydrogen-bond acceptors (Lipinski definition) is 3. The SMILES string of the molecule is CN(C(=O)CCC1CCNCC1)C1CCN(c2ccccc2Cl)C1=O. The highest BCUT2D eigenvalue weighted by Gasteiger charge is 2.37. The average Bonchev–Trinajstić information content (AvgIpc) is 3.01. The molecule has 3 rings (SSSR count). The van der Waals surface area contributed by atoms with E-state index in [4.69, 9.17) is 11.6 Å². The molecule has 1 N–H and O–H groups in total. The zero-order chi connectivity index (χ0) is 17.8. The standard InChI is InChI=1S/C19H26ClN3O2/c1-22(18(24)7-6-14-8-11-21-12-9-14)17-10-13-23(19(17)25)16-5-3-2-4-15(16)20/h2-5,14,17,21H,6-13H2,1H3. The smallest absolute Gasteiger partial charge is 0.249 e. The number of rotatable bonds is 5. The lowest BCUT2D eigenvalue weighted by atomic mass is 9.93. The molecule has 1 atom stereocenters. The van der Waals surface area contributed by atoms with Crippen LogP contribution in [0.25, 0.3) is 0 Å². The summed E-state index contributed by atoms with van der Waals surface area (Å²) in [5, 5.41) is 3.91. The average molecular weight is 364 g/mol. The van der Waals surface area contributed by atoms with Crippen molar-refractivity contribution in [1.29, 1.82) is 0 Å². The van der Waals surface area contributed by atoms with Gasteiger partial charge in [0, 0.05) is 20.0 Å². The topological polar surface area (TPSA) is 52.7 Å². The summed E-state index contributed by atoms with van der Waals surface area (Å²) >= 11 is 6.22. The molecule has 2 aliphatic heterocycles. The Labute approximate surface area is 154 Å². The van der Waals surface area contributed by atoms with Crippen LogP contribution < -0.4 is 10.2 Å². The second-order valence-electron chi connectivity index (χ2n) is 6.98. The summed E-state index contributed by atoms with van der Waals surface area (Å²) in [5.74, 6) is 0.654. The maximum atomic E-state index is 12.8. The molecule has 25 heavy (non-hydrogen) atoms. The van der Waals surface area contributed by atoms with Crippen molar-refractivity contribution in [2.24, 2.45) is 5.92 Å². The van der Waals surface area contributed by atoms with Gasteiger partial charge in [-0.3, -0.25) is 9.59 Å². The van der Waals surface area contributed by atoms with Gasteiger partial charge in [-0.25, -0.2) is 0 Å². The van der Waals surface area contributed by atoms with Crippen molar-refractivity contribution < 1.29 is 9.59 Å². The third-order valence-corrected chi connectivity index (χ3v) is 5.73. The number of anilines is 1. The highest BCUT2D eigenvalue weighted by molar-refractivity contribution is 6.34. The predicted octanol–water partition coefficient (Wildman–Crippen LogP) is 2.68. The Morgan fingerprint density at radius 2 is 2.00 bits per heavy atom. The molecule has 2 aliphatic rings. The maximum absolute atomic E-state index is 12.8. The molecule has 136 valence electrons. The second-order valence-corrected chi connectivity index (χ2v) is 7.39. The molecule has 2 fully saturated rings. The lowest BCUT2D eigenvalue weighted by Gasteiger charge is -2.26. The summed E-state index contributed by atoms with van der Waals surface area (Å²) < 4.78 is 0. The van der Waals surface area contributed by atoms with Gasteiger partial charge in [0.05, 0.1) is 10.7 Å². The van der Waals surface area contributed by atoms with E-state index >= 15 is 0 Å². The molecule has 6 heteroatoms. The van der Waals surface area contributed by atoms with Crippen LogP contribution in [0.1, 0.15) is 32.1 Å². The molecule has 0 spiro atoms. The van der Waals surface area contributed by atoms with Gasteiger partial charge in [0.25, 0.3) is 0 Å². The number of likely N-dealkylation sites (N-methyl/N-ethyl adjacent to an activating group) is 1. The quantitative estimate of drug-likeness (QED) is 0.875. The largest absolute Gasteiger partial charge is 0.334 e. The number of hydrogen-bond donors (Lipinski definition) is 1. The lowest BCUT2D eigenvalue weighted by Crippen LogP contribution is -2.43. The zero-order valence-electron chi connectivity index (χ0n) is 14.7. The molecule has 0 saturated carbocycles. The molecule has 2 amide bonds. The monoisotopic (exact) mass is 363 g/mol. The molecule has 0 bridgehead atoms. The number of halogens is 1. The highest BCUT2D eigenvalue weighted by Crippen LogP contribution is 2.30. The molecule has 1 aromatic rings. The molecule has 2 heterocycles. The number of piperidine rings is 1. The van der Waals surface area contributed by atoms with Gasteiger partial charge in [0.1, 0.15) is 6.04 Å². The fourth-order valence-corrected chi connectivity index (χ4v) is 4.02. The summed E-state index contributed by atoms with van der Waals surface area (Å²) in [6.07, 6.45) is 4.37. The third-order valence-electron chi connectivity index (χ3n) is 5.41. The second kappa shape index (κ2) is 8.19. The van der Waals surface area contributed by atoms with Crippen molar-refractivity contribution in [3.05, 3.63) is 29.3 Å².